The van der Waals surface area contributed by atoms with E-state index in [1.54, 1.807) is 30.7 Å². The van der Waals surface area contributed by atoms with Gasteiger partial charge in [0.1, 0.15) is 5.65 Å². The van der Waals surface area contributed by atoms with Crippen molar-refractivity contribution >= 4 is 28.8 Å². The number of nitrogens with one attached hydrogen (secondary N) is 1. The van der Waals surface area contributed by atoms with Crippen LogP contribution < -0.4 is 5.32 Å². The average molecular weight is 363 g/mol. The van der Waals surface area contributed by atoms with Crippen LogP contribution in [0.25, 0.3) is 16.8 Å². The molecule has 0 spiro atoms. The number of anilines is 1. The molecule has 4 aromatic rings. The van der Waals surface area contributed by atoms with E-state index in [4.69, 9.17) is 11.6 Å². The van der Waals surface area contributed by atoms with E-state index in [-0.39, 0.29) is 5.91 Å². The smallest absolute Gasteiger partial charge is 0.257 e. The average Bonchev–Trinajstić information content (AvgIpc) is 3.01. The van der Waals surface area contributed by atoms with Crippen molar-refractivity contribution in [2.75, 3.05) is 5.32 Å². The van der Waals surface area contributed by atoms with Crippen molar-refractivity contribution < 1.29 is 4.79 Å². The van der Waals surface area contributed by atoms with Gasteiger partial charge in [-0.3, -0.25) is 9.78 Å². The maximum Gasteiger partial charge on any atom is 0.257 e. The molecule has 0 atom stereocenters. The summed E-state index contributed by atoms with van der Waals surface area (Å²) in [4.78, 5) is 21.3. The van der Waals surface area contributed by atoms with Gasteiger partial charge in [-0.05, 0) is 42.8 Å². The Bertz CT molecular complexity index is 1110. The maximum absolute atomic E-state index is 12.7. The molecular weight excluding hydrogens is 348 g/mol. The second kappa shape index (κ2) is 6.61. The lowest BCUT2D eigenvalue weighted by atomic mass is 10.0. The minimum absolute atomic E-state index is 0.201. The summed E-state index contributed by atoms with van der Waals surface area (Å²) in [5, 5.41) is 3.52. The quantitative estimate of drug-likeness (QED) is 0.579. The molecule has 0 fully saturated rings. The number of halogens is 1. The maximum atomic E-state index is 12.7. The van der Waals surface area contributed by atoms with Crippen LogP contribution in [-0.2, 0) is 0 Å². The first-order valence-electron chi connectivity index (χ1n) is 8.07. The molecule has 128 valence electrons. The number of aryl methyl sites for hydroxylation is 1. The Morgan fingerprint density at radius 1 is 1.12 bits per heavy atom. The standard InChI is InChI=1S/C20H15ClN4O/c1-13-11-25-12-15(20(26)24-17-5-7-22-8-6-17)10-18(19(25)23-13)14-3-2-4-16(21)9-14/h2-12H,1H3,(H,22,24,26). The molecule has 0 aliphatic rings. The topological polar surface area (TPSA) is 59.3 Å². The Balaban J connectivity index is 1.82. The van der Waals surface area contributed by atoms with Crippen LogP contribution in [0.15, 0.2) is 67.3 Å². The van der Waals surface area contributed by atoms with E-state index in [0.717, 1.165) is 22.5 Å². The third-order valence-electron chi connectivity index (χ3n) is 4.01. The van der Waals surface area contributed by atoms with Crippen molar-refractivity contribution in [3.63, 3.8) is 0 Å². The van der Waals surface area contributed by atoms with Gasteiger partial charge >= 0.3 is 0 Å². The zero-order valence-corrected chi connectivity index (χ0v) is 14.7. The zero-order chi connectivity index (χ0) is 18.1. The molecule has 1 amide bonds. The first-order chi connectivity index (χ1) is 12.6. The van der Waals surface area contributed by atoms with Gasteiger partial charge in [0.15, 0.2) is 0 Å². The Morgan fingerprint density at radius 2 is 1.92 bits per heavy atom. The molecule has 0 bridgehead atoms. The van der Waals surface area contributed by atoms with Crippen LogP contribution in [0.4, 0.5) is 5.69 Å². The van der Waals surface area contributed by atoms with Gasteiger partial charge in [0.25, 0.3) is 5.91 Å². The highest BCUT2D eigenvalue weighted by Crippen LogP contribution is 2.28. The number of rotatable bonds is 3. The highest BCUT2D eigenvalue weighted by molar-refractivity contribution is 6.30. The molecule has 3 aromatic heterocycles. The molecule has 0 aliphatic carbocycles. The molecule has 0 radical (unpaired) electrons. The number of fused-ring (bicyclic) bond motifs is 1. The second-order valence-electron chi connectivity index (χ2n) is 5.96. The summed E-state index contributed by atoms with van der Waals surface area (Å²) < 4.78 is 1.87. The molecule has 0 saturated heterocycles. The summed E-state index contributed by atoms with van der Waals surface area (Å²) in [5.41, 5.74) is 4.64. The van der Waals surface area contributed by atoms with Crippen molar-refractivity contribution in [2.24, 2.45) is 0 Å². The number of nitrogens with zero attached hydrogens (tertiary/aromatic N) is 3. The lowest BCUT2D eigenvalue weighted by molar-refractivity contribution is 0.102. The van der Waals surface area contributed by atoms with Gasteiger partial charge in [-0.1, -0.05) is 23.7 Å². The highest BCUT2D eigenvalue weighted by atomic mass is 35.5. The minimum atomic E-state index is -0.201. The zero-order valence-electron chi connectivity index (χ0n) is 14.0. The van der Waals surface area contributed by atoms with Crippen molar-refractivity contribution in [2.45, 2.75) is 6.92 Å². The van der Waals surface area contributed by atoms with E-state index in [0.29, 0.717) is 16.3 Å². The molecule has 6 heteroatoms. The number of hydrogen-bond acceptors (Lipinski definition) is 3. The summed E-state index contributed by atoms with van der Waals surface area (Å²) in [6.45, 7) is 1.92. The summed E-state index contributed by atoms with van der Waals surface area (Å²) in [5.74, 6) is -0.201. The predicted molar refractivity (Wildman–Crippen MR) is 103 cm³/mol. The molecular formula is C20H15ClN4O. The van der Waals surface area contributed by atoms with Crippen LogP contribution in [0.3, 0.4) is 0 Å². The van der Waals surface area contributed by atoms with Crippen molar-refractivity contribution in [3.05, 3.63) is 83.5 Å². The number of benzene rings is 1. The molecule has 4 rings (SSSR count). The monoisotopic (exact) mass is 362 g/mol. The van der Waals surface area contributed by atoms with Gasteiger partial charge in [0.2, 0.25) is 0 Å². The number of amides is 1. The van der Waals surface area contributed by atoms with Crippen molar-refractivity contribution in [1.82, 2.24) is 14.4 Å². The van der Waals surface area contributed by atoms with Gasteiger partial charge in [-0.25, -0.2) is 4.98 Å². The van der Waals surface area contributed by atoms with Gasteiger partial charge < -0.3 is 9.72 Å². The molecule has 0 aliphatic heterocycles. The lowest BCUT2D eigenvalue weighted by Crippen LogP contribution is -2.13. The first kappa shape index (κ1) is 16.3. The normalized spacial score (nSPS) is 10.8. The largest absolute Gasteiger partial charge is 0.322 e. The summed E-state index contributed by atoms with van der Waals surface area (Å²) in [6.07, 6.45) is 6.94. The molecule has 0 saturated carbocycles. The summed E-state index contributed by atoms with van der Waals surface area (Å²) >= 11 is 6.15. The van der Waals surface area contributed by atoms with Crippen LogP contribution in [0.1, 0.15) is 16.1 Å². The van der Waals surface area contributed by atoms with E-state index in [1.807, 2.05) is 47.9 Å². The number of carbonyl (C=O) groups excluding carboxylic acids is 1. The number of pyridine rings is 2. The van der Waals surface area contributed by atoms with Crippen LogP contribution in [0.2, 0.25) is 5.02 Å². The Hall–Kier alpha value is -3.18. The SMILES string of the molecule is Cc1cn2cc(C(=O)Nc3ccncc3)cc(-c3cccc(Cl)c3)c2n1. The second-order valence-corrected chi connectivity index (χ2v) is 6.39. The van der Waals surface area contributed by atoms with Crippen LogP contribution in [0.5, 0.6) is 0 Å². The van der Waals surface area contributed by atoms with E-state index in [9.17, 15) is 4.79 Å². The van der Waals surface area contributed by atoms with Gasteiger partial charge in [0.05, 0.1) is 11.3 Å². The Morgan fingerprint density at radius 3 is 2.69 bits per heavy atom. The van der Waals surface area contributed by atoms with E-state index in [1.165, 1.54) is 0 Å². The molecule has 1 aromatic carbocycles. The number of carbonyl (C=O) groups is 1. The number of imidazole rings is 1. The number of aromatic nitrogens is 3. The third-order valence-corrected chi connectivity index (χ3v) is 4.24. The fourth-order valence-corrected chi connectivity index (χ4v) is 3.04. The highest BCUT2D eigenvalue weighted by Gasteiger charge is 2.14. The van der Waals surface area contributed by atoms with Crippen molar-refractivity contribution in [3.8, 4) is 11.1 Å². The molecule has 1 N–H and O–H groups in total. The molecule has 3 heterocycles. The van der Waals surface area contributed by atoms with Crippen molar-refractivity contribution in [1.29, 1.82) is 0 Å². The fourth-order valence-electron chi connectivity index (χ4n) is 2.85. The Kier molecular flexibility index (Phi) is 4.14. The lowest BCUT2D eigenvalue weighted by Gasteiger charge is -2.10. The minimum Gasteiger partial charge on any atom is -0.322 e. The molecule has 5 nitrogen and oxygen atoms in total. The van der Waals surface area contributed by atoms with Crippen LogP contribution in [-0.4, -0.2) is 20.3 Å². The predicted octanol–water partition coefficient (Wildman–Crippen LogP) is 4.61. The van der Waals surface area contributed by atoms with Crippen LogP contribution in [0, 0.1) is 6.92 Å². The van der Waals surface area contributed by atoms with E-state index in [2.05, 4.69) is 15.3 Å². The summed E-state index contributed by atoms with van der Waals surface area (Å²) in [7, 11) is 0. The number of hydrogen-bond donors (Lipinski definition) is 1. The van der Waals surface area contributed by atoms with E-state index >= 15 is 0 Å². The van der Waals surface area contributed by atoms with E-state index < -0.39 is 0 Å². The van der Waals surface area contributed by atoms with Gasteiger partial charge in [-0.2, -0.15) is 0 Å². The molecule has 26 heavy (non-hydrogen) atoms. The fraction of sp³-hybridized carbons (Fsp3) is 0.0500. The summed E-state index contributed by atoms with van der Waals surface area (Å²) in [6, 6.07) is 12.9. The van der Waals surface area contributed by atoms with Crippen LogP contribution >= 0.6 is 11.6 Å². The first-order valence-corrected chi connectivity index (χ1v) is 8.44. The van der Waals surface area contributed by atoms with Gasteiger partial charge in [0, 0.05) is 41.1 Å². The Labute approximate surface area is 155 Å². The molecule has 0 unspecified atom stereocenters. The third kappa shape index (κ3) is 3.17. The van der Waals surface area contributed by atoms with Gasteiger partial charge in [-0.15, -0.1) is 0 Å².